The summed E-state index contributed by atoms with van der Waals surface area (Å²) in [5.41, 5.74) is 0. The van der Waals surface area contributed by atoms with Crippen LogP contribution in [0.15, 0.2) is 12.1 Å². The highest BCUT2D eigenvalue weighted by molar-refractivity contribution is 7.17. The monoisotopic (exact) mass is 224 g/mol. The number of carbonyl (C=O) groups excluding carboxylic acids is 1. The Kier molecular flexibility index (Phi) is 3.07. The Morgan fingerprint density at radius 2 is 2.40 bits per heavy atom. The van der Waals surface area contributed by atoms with Gasteiger partial charge in [-0.3, -0.25) is 4.79 Å². The van der Waals surface area contributed by atoms with Crippen molar-refractivity contribution in [3.63, 3.8) is 0 Å². The van der Waals surface area contributed by atoms with Crippen molar-refractivity contribution in [1.82, 2.24) is 4.90 Å². The molecule has 2 rings (SSSR count). The van der Waals surface area contributed by atoms with Crippen LogP contribution in [0, 0.1) is 0 Å². The minimum atomic E-state index is 0.591. The van der Waals surface area contributed by atoms with Crippen molar-refractivity contribution in [2.24, 2.45) is 0 Å². The highest BCUT2D eigenvalue weighted by Crippen LogP contribution is 2.27. The van der Waals surface area contributed by atoms with Crippen LogP contribution in [0.25, 0.3) is 0 Å². The molecule has 0 radical (unpaired) electrons. The van der Waals surface area contributed by atoms with Gasteiger partial charge < -0.3 is 9.80 Å². The molecule has 1 fully saturated rings. The van der Waals surface area contributed by atoms with E-state index in [4.69, 9.17) is 0 Å². The van der Waals surface area contributed by atoms with Crippen LogP contribution in [0.5, 0.6) is 0 Å². The second-order valence-corrected chi connectivity index (χ2v) is 5.20. The van der Waals surface area contributed by atoms with E-state index in [1.807, 2.05) is 12.1 Å². The summed E-state index contributed by atoms with van der Waals surface area (Å²) < 4.78 is 0. The summed E-state index contributed by atoms with van der Waals surface area (Å²) in [6.07, 6.45) is 2.13. The van der Waals surface area contributed by atoms with E-state index in [2.05, 4.69) is 23.9 Å². The number of likely N-dealkylation sites (N-methyl/N-ethyl adjacent to an activating group) is 2. The molecular formula is C11H16N2OS. The van der Waals surface area contributed by atoms with Crippen LogP contribution in [0.2, 0.25) is 0 Å². The second-order valence-electron chi connectivity index (χ2n) is 4.11. The van der Waals surface area contributed by atoms with Crippen LogP contribution < -0.4 is 4.90 Å². The number of likely N-dealkylation sites (tertiary alicyclic amines) is 1. The van der Waals surface area contributed by atoms with Crippen molar-refractivity contribution in [2.45, 2.75) is 12.5 Å². The Balaban J connectivity index is 2.06. The first-order valence-electron chi connectivity index (χ1n) is 5.17. The molecule has 0 aliphatic carbocycles. The number of rotatable bonds is 3. The molecule has 1 unspecified atom stereocenters. The molecule has 0 N–H and O–H groups in total. The summed E-state index contributed by atoms with van der Waals surface area (Å²) in [5, 5.41) is 1.19. The molecule has 82 valence electrons. The van der Waals surface area contributed by atoms with Gasteiger partial charge in [-0.15, -0.1) is 11.3 Å². The molecule has 1 aromatic rings. The number of anilines is 1. The highest BCUT2D eigenvalue weighted by atomic mass is 32.1. The van der Waals surface area contributed by atoms with Gasteiger partial charge in [0.25, 0.3) is 0 Å². The van der Waals surface area contributed by atoms with Gasteiger partial charge in [-0.05, 0) is 32.1 Å². The van der Waals surface area contributed by atoms with Gasteiger partial charge in [0, 0.05) is 19.6 Å². The molecule has 0 spiro atoms. The Bertz CT molecular complexity index is 350. The third-order valence-electron chi connectivity index (χ3n) is 2.99. The zero-order valence-corrected chi connectivity index (χ0v) is 9.96. The van der Waals surface area contributed by atoms with Gasteiger partial charge in [0.05, 0.1) is 9.88 Å². The standard InChI is InChI=1S/C11H16N2OS/c1-12-6-5-9(7-12)13(2)11-4-3-10(8-14)15-11/h3-4,8-9H,5-7H2,1-2H3. The van der Waals surface area contributed by atoms with Gasteiger partial charge in [-0.2, -0.15) is 0 Å². The van der Waals surface area contributed by atoms with Gasteiger partial charge in [0.2, 0.25) is 0 Å². The molecule has 0 aromatic carbocycles. The summed E-state index contributed by atoms with van der Waals surface area (Å²) in [6, 6.07) is 4.52. The fourth-order valence-electron chi connectivity index (χ4n) is 2.00. The average Bonchev–Trinajstić information content (AvgIpc) is 2.84. The lowest BCUT2D eigenvalue weighted by Gasteiger charge is -2.24. The third-order valence-corrected chi connectivity index (χ3v) is 4.09. The number of hydrogen-bond donors (Lipinski definition) is 0. The van der Waals surface area contributed by atoms with Crippen LogP contribution in [-0.4, -0.2) is 44.4 Å². The molecular weight excluding hydrogens is 208 g/mol. The Labute approximate surface area is 94.3 Å². The van der Waals surface area contributed by atoms with E-state index in [0.717, 1.165) is 17.7 Å². The highest BCUT2D eigenvalue weighted by Gasteiger charge is 2.24. The molecule has 3 nitrogen and oxygen atoms in total. The van der Waals surface area contributed by atoms with E-state index in [-0.39, 0.29) is 0 Å². The number of nitrogens with zero attached hydrogens (tertiary/aromatic N) is 2. The molecule has 15 heavy (non-hydrogen) atoms. The molecule has 1 aliphatic rings. The molecule has 4 heteroatoms. The topological polar surface area (TPSA) is 23.6 Å². The minimum Gasteiger partial charge on any atom is -0.362 e. The van der Waals surface area contributed by atoms with Crippen molar-refractivity contribution in [1.29, 1.82) is 0 Å². The van der Waals surface area contributed by atoms with Crippen LogP contribution in [0.4, 0.5) is 5.00 Å². The predicted octanol–water partition coefficient (Wildman–Crippen LogP) is 1.70. The van der Waals surface area contributed by atoms with Crippen LogP contribution in [-0.2, 0) is 0 Å². The first-order valence-corrected chi connectivity index (χ1v) is 5.98. The third kappa shape index (κ3) is 2.21. The van der Waals surface area contributed by atoms with Gasteiger partial charge in [0.15, 0.2) is 6.29 Å². The van der Waals surface area contributed by atoms with E-state index in [1.54, 1.807) is 11.3 Å². The quantitative estimate of drug-likeness (QED) is 0.730. The number of thiophene rings is 1. The molecule has 1 aliphatic heterocycles. The zero-order valence-electron chi connectivity index (χ0n) is 9.14. The number of carbonyl (C=O) groups is 1. The van der Waals surface area contributed by atoms with Crippen LogP contribution in [0.1, 0.15) is 16.1 Å². The summed E-state index contributed by atoms with van der Waals surface area (Å²) in [4.78, 5) is 16.0. The van der Waals surface area contributed by atoms with Crippen molar-refractivity contribution in [3.05, 3.63) is 17.0 Å². The molecule has 0 saturated carbocycles. The first-order chi connectivity index (χ1) is 7.20. The van der Waals surface area contributed by atoms with Crippen molar-refractivity contribution in [3.8, 4) is 0 Å². The Hall–Kier alpha value is -0.870. The van der Waals surface area contributed by atoms with E-state index >= 15 is 0 Å². The zero-order chi connectivity index (χ0) is 10.8. The summed E-state index contributed by atoms with van der Waals surface area (Å²) in [7, 11) is 4.27. The van der Waals surface area contributed by atoms with Gasteiger partial charge in [-0.25, -0.2) is 0 Å². The fraction of sp³-hybridized carbons (Fsp3) is 0.545. The van der Waals surface area contributed by atoms with Gasteiger partial charge >= 0.3 is 0 Å². The first kappa shape index (κ1) is 10.6. The predicted molar refractivity (Wildman–Crippen MR) is 64.0 cm³/mol. The summed E-state index contributed by atoms with van der Waals surface area (Å²) >= 11 is 1.57. The average molecular weight is 224 g/mol. The maximum absolute atomic E-state index is 10.6. The molecule has 1 aromatic heterocycles. The van der Waals surface area contributed by atoms with E-state index in [0.29, 0.717) is 6.04 Å². The van der Waals surface area contributed by atoms with Gasteiger partial charge in [0.1, 0.15) is 0 Å². The number of hydrogen-bond acceptors (Lipinski definition) is 4. The van der Waals surface area contributed by atoms with Crippen LogP contribution in [0.3, 0.4) is 0 Å². The van der Waals surface area contributed by atoms with Crippen molar-refractivity contribution in [2.75, 3.05) is 32.1 Å². The smallest absolute Gasteiger partial charge is 0.160 e. The largest absolute Gasteiger partial charge is 0.362 e. The normalized spacial score (nSPS) is 21.9. The minimum absolute atomic E-state index is 0.591. The second kappa shape index (κ2) is 4.33. The summed E-state index contributed by atoms with van der Waals surface area (Å²) in [5.74, 6) is 0. The molecule has 2 heterocycles. The SMILES string of the molecule is CN1CCC(N(C)c2ccc(C=O)s2)C1. The van der Waals surface area contributed by atoms with E-state index < -0.39 is 0 Å². The van der Waals surface area contributed by atoms with Crippen LogP contribution >= 0.6 is 11.3 Å². The maximum atomic E-state index is 10.6. The van der Waals surface area contributed by atoms with E-state index in [9.17, 15) is 4.79 Å². The lowest BCUT2D eigenvalue weighted by atomic mass is 10.2. The van der Waals surface area contributed by atoms with Gasteiger partial charge in [-0.1, -0.05) is 0 Å². The lowest BCUT2D eigenvalue weighted by Crippen LogP contribution is -2.33. The maximum Gasteiger partial charge on any atom is 0.160 e. The Morgan fingerprint density at radius 1 is 1.60 bits per heavy atom. The van der Waals surface area contributed by atoms with Crippen molar-refractivity contribution < 1.29 is 4.79 Å². The van der Waals surface area contributed by atoms with E-state index in [1.165, 1.54) is 18.0 Å². The summed E-state index contributed by atoms with van der Waals surface area (Å²) in [6.45, 7) is 2.28. The molecule has 1 atom stereocenters. The fourth-order valence-corrected chi connectivity index (χ4v) is 2.86. The molecule has 1 saturated heterocycles. The Morgan fingerprint density at radius 3 is 2.93 bits per heavy atom. The molecule has 0 bridgehead atoms. The molecule has 0 amide bonds. The van der Waals surface area contributed by atoms with Crippen molar-refractivity contribution >= 4 is 22.6 Å². The lowest BCUT2D eigenvalue weighted by molar-refractivity contribution is 0.112. The number of aldehydes is 1.